The minimum absolute atomic E-state index is 0.586. The van der Waals surface area contributed by atoms with Crippen LogP contribution in [0.5, 0.6) is 0 Å². The SMILES string of the molecule is CC(=O)OOC(C)(C)O. The maximum Gasteiger partial charge on any atom is 0.339 e. The third-order valence-electron chi connectivity index (χ3n) is 0.363. The number of carbonyl (C=O) groups is 1. The van der Waals surface area contributed by atoms with E-state index in [9.17, 15) is 4.79 Å². The molecule has 9 heavy (non-hydrogen) atoms. The van der Waals surface area contributed by atoms with Crippen LogP contribution in [-0.4, -0.2) is 16.9 Å². The monoisotopic (exact) mass is 134 g/mol. The summed E-state index contributed by atoms with van der Waals surface area (Å²) < 4.78 is 0. The van der Waals surface area contributed by atoms with Gasteiger partial charge in [0.1, 0.15) is 0 Å². The van der Waals surface area contributed by atoms with Gasteiger partial charge in [-0.2, -0.15) is 4.89 Å². The van der Waals surface area contributed by atoms with Gasteiger partial charge in [0, 0.05) is 6.92 Å². The predicted octanol–water partition coefficient (Wildman–Crippen LogP) is 0.209. The van der Waals surface area contributed by atoms with Crippen LogP contribution in [0, 0.1) is 0 Å². The molecule has 0 aliphatic carbocycles. The van der Waals surface area contributed by atoms with Crippen LogP contribution in [0.2, 0.25) is 0 Å². The first-order valence-electron chi connectivity index (χ1n) is 2.50. The topological polar surface area (TPSA) is 55.8 Å². The van der Waals surface area contributed by atoms with Crippen LogP contribution >= 0.6 is 0 Å². The zero-order valence-corrected chi connectivity index (χ0v) is 5.67. The van der Waals surface area contributed by atoms with Crippen LogP contribution in [0.25, 0.3) is 0 Å². The van der Waals surface area contributed by atoms with Gasteiger partial charge in [0.25, 0.3) is 0 Å². The highest BCUT2D eigenvalue weighted by Gasteiger charge is 2.15. The van der Waals surface area contributed by atoms with Crippen molar-refractivity contribution in [1.82, 2.24) is 0 Å². The average Bonchev–Trinajstić information content (AvgIpc) is 1.59. The molecule has 0 atom stereocenters. The molecule has 1 N–H and O–H groups in total. The van der Waals surface area contributed by atoms with Crippen molar-refractivity contribution in [3.63, 3.8) is 0 Å². The highest BCUT2D eigenvalue weighted by molar-refractivity contribution is 5.65. The lowest BCUT2D eigenvalue weighted by Crippen LogP contribution is -2.24. The molecule has 54 valence electrons. The Labute approximate surface area is 53.3 Å². The Balaban J connectivity index is 3.39. The lowest BCUT2D eigenvalue weighted by molar-refractivity contribution is -0.380. The molecule has 4 nitrogen and oxygen atoms in total. The van der Waals surface area contributed by atoms with Crippen molar-refractivity contribution in [3.8, 4) is 0 Å². The molecule has 0 amide bonds. The standard InChI is InChI=1S/C5H10O4/c1-4(6)8-9-5(2,3)7/h7H,1-3H3. The number of rotatable bonds is 2. The number of hydrogen-bond acceptors (Lipinski definition) is 4. The second kappa shape index (κ2) is 2.80. The van der Waals surface area contributed by atoms with Crippen molar-refractivity contribution in [2.24, 2.45) is 0 Å². The molecule has 0 rings (SSSR count). The summed E-state index contributed by atoms with van der Waals surface area (Å²) in [5.41, 5.74) is 0. The molecule has 0 saturated carbocycles. The van der Waals surface area contributed by atoms with E-state index in [1.165, 1.54) is 20.8 Å². The Kier molecular flexibility index (Phi) is 2.61. The quantitative estimate of drug-likeness (QED) is 0.333. The van der Waals surface area contributed by atoms with Crippen molar-refractivity contribution < 1.29 is 19.7 Å². The first-order valence-corrected chi connectivity index (χ1v) is 2.50. The molecule has 0 spiro atoms. The Hall–Kier alpha value is -0.610. The molecule has 0 unspecified atom stereocenters. The fourth-order valence-corrected chi connectivity index (χ4v) is 0.161. The smallest absolute Gasteiger partial charge is 0.339 e. The van der Waals surface area contributed by atoms with E-state index in [-0.39, 0.29) is 0 Å². The third kappa shape index (κ3) is 7.39. The number of aliphatic hydroxyl groups is 1. The summed E-state index contributed by atoms with van der Waals surface area (Å²) in [5, 5.41) is 8.77. The van der Waals surface area contributed by atoms with Gasteiger partial charge in [0.05, 0.1) is 0 Å². The van der Waals surface area contributed by atoms with Gasteiger partial charge in [0.2, 0.25) is 5.79 Å². The Morgan fingerprint density at radius 3 is 2.11 bits per heavy atom. The van der Waals surface area contributed by atoms with Crippen LogP contribution in [-0.2, 0) is 14.6 Å². The molecule has 0 radical (unpaired) electrons. The Morgan fingerprint density at radius 2 is 2.00 bits per heavy atom. The van der Waals surface area contributed by atoms with E-state index in [4.69, 9.17) is 5.11 Å². The van der Waals surface area contributed by atoms with Crippen LogP contribution < -0.4 is 0 Å². The Bertz CT molecular complexity index is 102. The van der Waals surface area contributed by atoms with Gasteiger partial charge in [-0.3, -0.25) is 4.89 Å². The molecular formula is C5H10O4. The largest absolute Gasteiger partial charge is 0.363 e. The second-order valence-corrected chi connectivity index (χ2v) is 2.10. The molecule has 0 fully saturated rings. The van der Waals surface area contributed by atoms with Crippen LogP contribution in [0.4, 0.5) is 0 Å². The lowest BCUT2D eigenvalue weighted by Gasteiger charge is -2.13. The van der Waals surface area contributed by atoms with Crippen molar-refractivity contribution in [3.05, 3.63) is 0 Å². The fourth-order valence-electron chi connectivity index (χ4n) is 0.161. The summed E-state index contributed by atoms with van der Waals surface area (Å²) in [6, 6.07) is 0. The lowest BCUT2D eigenvalue weighted by atomic mass is 10.4. The maximum absolute atomic E-state index is 10.0. The molecule has 0 aromatic carbocycles. The van der Waals surface area contributed by atoms with Gasteiger partial charge < -0.3 is 5.11 Å². The second-order valence-electron chi connectivity index (χ2n) is 2.10. The maximum atomic E-state index is 10.0. The molecule has 0 saturated heterocycles. The molecule has 0 bridgehead atoms. The number of carbonyl (C=O) groups excluding carboxylic acids is 1. The van der Waals surface area contributed by atoms with Crippen LogP contribution in [0.3, 0.4) is 0 Å². The molecular weight excluding hydrogens is 124 g/mol. The van der Waals surface area contributed by atoms with Gasteiger partial charge in [-0.15, -0.1) is 0 Å². The molecule has 0 aliphatic heterocycles. The van der Waals surface area contributed by atoms with Crippen molar-refractivity contribution in [2.75, 3.05) is 0 Å². The van der Waals surface area contributed by atoms with E-state index >= 15 is 0 Å². The minimum Gasteiger partial charge on any atom is -0.363 e. The zero-order chi connectivity index (χ0) is 7.49. The van der Waals surface area contributed by atoms with E-state index < -0.39 is 11.8 Å². The van der Waals surface area contributed by atoms with Gasteiger partial charge in [-0.05, 0) is 13.8 Å². The van der Waals surface area contributed by atoms with Gasteiger partial charge >= 0.3 is 5.97 Å². The third-order valence-corrected chi connectivity index (χ3v) is 0.363. The summed E-state index contributed by atoms with van der Waals surface area (Å²) in [4.78, 5) is 18.2. The van der Waals surface area contributed by atoms with Gasteiger partial charge in [0.15, 0.2) is 0 Å². The summed E-state index contributed by atoms with van der Waals surface area (Å²) in [7, 11) is 0. The normalized spacial score (nSPS) is 11.1. The molecule has 0 aromatic rings. The summed E-state index contributed by atoms with van der Waals surface area (Å²) in [5.74, 6) is -2.00. The molecule has 4 heteroatoms. The average molecular weight is 134 g/mol. The summed E-state index contributed by atoms with van der Waals surface area (Å²) >= 11 is 0. The van der Waals surface area contributed by atoms with E-state index in [0.29, 0.717) is 0 Å². The van der Waals surface area contributed by atoms with Crippen molar-refractivity contribution in [1.29, 1.82) is 0 Å². The van der Waals surface area contributed by atoms with Gasteiger partial charge in [-0.25, -0.2) is 4.79 Å². The van der Waals surface area contributed by atoms with Crippen LogP contribution in [0.15, 0.2) is 0 Å². The molecule has 0 heterocycles. The fraction of sp³-hybridized carbons (Fsp3) is 0.800. The first-order chi connectivity index (χ1) is 3.92. The number of hydrogen-bond donors (Lipinski definition) is 1. The highest BCUT2D eigenvalue weighted by atomic mass is 17.2. The van der Waals surface area contributed by atoms with E-state index in [0.717, 1.165) is 0 Å². The first kappa shape index (κ1) is 8.39. The molecule has 0 aromatic heterocycles. The van der Waals surface area contributed by atoms with E-state index in [1.54, 1.807) is 0 Å². The van der Waals surface area contributed by atoms with E-state index in [1.807, 2.05) is 0 Å². The van der Waals surface area contributed by atoms with Crippen LogP contribution in [0.1, 0.15) is 20.8 Å². The zero-order valence-electron chi connectivity index (χ0n) is 5.67. The Morgan fingerprint density at radius 1 is 1.56 bits per heavy atom. The highest BCUT2D eigenvalue weighted by Crippen LogP contribution is 2.02. The van der Waals surface area contributed by atoms with Crippen molar-refractivity contribution >= 4 is 5.97 Å². The molecule has 0 aliphatic rings. The summed E-state index contributed by atoms with van der Waals surface area (Å²) in [6.45, 7) is 3.90. The van der Waals surface area contributed by atoms with E-state index in [2.05, 4.69) is 9.78 Å². The summed E-state index contributed by atoms with van der Waals surface area (Å²) in [6.07, 6.45) is 0. The predicted molar refractivity (Wildman–Crippen MR) is 29.1 cm³/mol. The van der Waals surface area contributed by atoms with Crippen molar-refractivity contribution in [2.45, 2.75) is 26.6 Å². The van der Waals surface area contributed by atoms with Gasteiger partial charge in [-0.1, -0.05) is 0 Å². The minimum atomic E-state index is -1.41.